The van der Waals surface area contributed by atoms with Crippen LogP contribution in [0, 0.1) is 5.92 Å². The van der Waals surface area contributed by atoms with E-state index >= 15 is 0 Å². The highest BCUT2D eigenvalue weighted by molar-refractivity contribution is 7.89. The molecule has 1 aliphatic heterocycles. The van der Waals surface area contributed by atoms with Crippen molar-refractivity contribution in [2.75, 3.05) is 6.54 Å². The number of ketones is 1. The Morgan fingerprint density at radius 2 is 1.90 bits per heavy atom. The summed E-state index contributed by atoms with van der Waals surface area (Å²) >= 11 is 2.82. The number of fused-ring (bicyclic) bond motifs is 1. The highest BCUT2D eigenvalue weighted by atomic mass is 32.2. The third-order valence-corrected chi connectivity index (χ3v) is 10.7. The molecule has 41 heavy (non-hydrogen) atoms. The molecule has 2 N–H and O–H groups in total. The van der Waals surface area contributed by atoms with Crippen LogP contribution in [0.25, 0.3) is 9.40 Å². The molecule has 15 heteroatoms. The molecule has 0 unspecified atom stereocenters. The first kappa shape index (κ1) is 31.1. The summed E-state index contributed by atoms with van der Waals surface area (Å²) < 4.78 is 67.9. The number of halogens is 3. The third kappa shape index (κ3) is 7.13. The van der Waals surface area contributed by atoms with Crippen LogP contribution in [0.1, 0.15) is 55.3 Å². The summed E-state index contributed by atoms with van der Waals surface area (Å²) in [6.07, 6.45) is -3.59. The van der Waals surface area contributed by atoms with Crippen molar-refractivity contribution in [3.8, 4) is 0 Å². The molecule has 0 radical (unpaired) electrons. The number of rotatable bonds is 8. The summed E-state index contributed by atoms with van der Waals surface area (Å²) in [4.78, 5) is 43.3. The number of nitrogens with zero attached hydrogens (tertiary/aromatic N) is 2. The van der Waals surface area contributed by atoms with E-state index < -0.39 is 69.1 Å². The first-order chi connectivity index (χ1) is 19.2. The molecule has 3 aromatic rings. The molecule has 0 spiro atoms. The lowest BCUT2D eigenvalue weighted by Gasteiger charge is -2.25. The highest BCUT2D eigenvalue weighted by Crippen LogP contribution is 2.31. The number of sulfonamides is 1. The minimum atomic E-state index is -4.68. The summed E-state index contributed by atoms with van der Waals surface area (Å²) in [5, 5.41) is 6.78. The van der Waals surface area contributed by atoms with Crippen LogP contribution in [0.2, 0.25) is 0 Å². The van der Waals surface area contributed by atoms with Gasteiger partial charge in [-0.1, -0.05) is 13.8 Å². The van der Waals surface area contributed by atoms with Gasteiger partial charge in [0.2, 0.25) is 5.91 Å². The fourth-order valence-electron chi connectivity index (χ4n) is 4.51. The van der Waals surface area contributed by atoms with Gasteiger partial charge in [0.1, 0.15) is 6.04 Å². The number of thiophene rings is 2. The number of aromatic nitrogens is 1. The normalized spacial score (nSPS) is 19.7. The van der Waals surface area contributed by atoms with Gasteiger partial charge < -0.3 is 10.6 Å². The molecule has 1 fully saturated rings. The summed E-state index contributed by atoms with van der Waals surface area (Å²) in [7, 11) is -4.40. The molecule has 9 nitrogen and oxygen atoms in total. The molecule has 4 rings (SSSR count). The molecule has 4 heterocycles. The van der Waals surface area contributed by atoms with Crippen LogP contribution in [0.4, 0.5) is 13.2 Å². The Kier molecular flexibility index (Phi) is 9.21. The zero-order valence-electron chi connectivity index (χ0n) is 22.4. The SMILES string of the molecule is CC(C)C[C@H](NC(=O)c1cc2sccc2s1)C(=O)N[C@H]1CC[C@@H](C)N(S(=O)(=O)c2ccc(C(F)(F)F)cn2)CC1=O. The van der Waals surface area contributed by atoms with Crippen molar-refractivity contribution in [3.63, 3.8) is 0 Å². The summed E-state index contributed by atoms with van der Waals surface area (Å²) in [6, 6.07) is 2.44. The lowest BCUT2D eigenvalue weighted by molar-refractivity contribution is -0.137. The molecule has 3 atom stereocenters. The maximum absolute atomic E-state index is 13.3. The van der Waals surface area contributed by atoms with E-state index in [0.29, 0.717) is 23.6 Å². The van der Waals surface area contributed by atoms with Gasteiger partial charge in [-0.25, -0.2) is 13.4 Å². The standard InChI is InChI=1S/C26H29F3N4O5S3/c1-14(2)10-18(32-25(36)22-11-21-20(40-22)8-9-39-21)24(35)31-17-6-4-15(3)33(13-19(17)34)41(37,38)23-7-5-16(12-30-23)26(27,28)29/h5,7-9,11-12,14-15,17-18H,4,6,10,13H2,1-3H3,(H,31,35)(H,32,36)/t15-,17+,18+/m1/s1. The predicted octanol–water partition coefficient (Wildman–Crippen LogP) is 4.45. The van der Waals surface area contributed by atoms with E-state index in [0.717, 1.165) is 19.8 Å². The van der Waals surface area contributed by atoms with Crippen LogP contribution in [-0.2, 0) is 25.8 Å². The van der Waals surface area contributed by atoms with Gasteiger partial charge in [0.15, 0.2) is 10.8 Å². The Balaban J connectivity index is 1.46. The molecule has 0 bridgehead atoms. The van der Waals surface area contributed by atoms with E-state index in [1.807, 2.05) is 25.3 Å². The quantitative estimate of drug-likeness (QED) is 0.379. The Hall–Kier alpha value is -2.88. The number of hydrogen-bond donors (Lipinski definition) is 2. The monoisotopic (exact) mass is 630 g/mol. The fourth-order valence-corrected chi connectivity index (χ4v) is 8.06. The maximum Gasteiger partial charge on any atom is 0.417 e. The summed E-state index contributed by atoms with van der Waals surface area (Å²) in [5.41, 5.74) is -1.10. The van der Waals surface area contributed by atoms with Crippen molar-refractivity contribution < 1.29 is 36.0 Å². The van der Waals surface area contributed by atoms with Crippen molar-refractivity contribution in [2.24, 2.45) is 5.92 Å². The van der Waals surface area contributed by atoms with Gasteiger partial charge in [-0.05, 0) is 61.7 Å². The van der Waals surface area contributed by atoms with E-state index in [1.54, 1.807) is 13.0 Å². The number of amides is 2. The van der Waals surface area contributed by atoms with Crippen LogP contribution in [-0.4, -0.2) is 60.0 Å². The lowest BCUT2D eigenvalue weighted by atomic mass is 10.0. The van der Waals surface area contributed by atoms with Crippen LogP contribution in [0.5, 0.6) is 0 Å². The Labute approximate surface area is 243 Å². The zero-order chi connectivity index (χ0) is 30.1. The van der Waals surface area contributed by atoms with Crippen molar-refractivity contribution >= 4 is 59.7 Å². The van der Waals surface area contributed by atoms with E-state index in [1.165, 1.54) is 22.7 Å². The van der Waals surface area contributed by atoms with Crippen molar-refractivity contribution in [1.29, 1.82) is 0 Å². The average molecular weight is 631 g/mol. The Morgan fingerprint density at radius 3 is 2.51 bits per heavy atom. The second kappa shape index (κ2) is 12.2. The van der Waals surface area contributed by atoms with Crippen molar-refractivity contribution in [1.82, 2.24) is 19.9 Å². The van der Waals surface area contributed by atoms with Gasteiger partial charge >= 0.3 is 6.18 Å². The van der Waals surface area contributed by atoms with Gasteiger partial charge in [-0.2, -0.15) is 17.5 Å². The molecule has 0 saturated carbocycles. The predicted molar refractivity (Wildman–Crippen MR) is 149 cm³/mol. The van der Waals surface area contributed by atoms with E-state index in [2.05, 4.69) is 15.6 Å². The number of carbonyl (C=O) groups excluding carboxylic acids is 3. The van der Waals surface area contributed by atoms with Crippen LogP contribution < -0.4 is 10.6 Å². The fraction of sp³-hybridized carbons (Fsp3) is 0.462. The Bertz CT molecular complexity index is 1500. The smallest absolute Gasteiger partial charge is 0.344 e. The van der Waals surface area contributed by atoms with E-state index in [9.17, 15) is 36.0 Å². The minimum Gasteiger partial charge on any atom is -0.344 e. The molecule has 222 valence electrons. The molecular weight excluding hydrogens is 602 g/mol. The molecule has 1 aliphatic rings. The molecule has 3 aromatic heterocycles. The number of carbonyl (C=O) groups is 3. The molecular formula is C26H29F3N4O5S3. The average Bonchev–Trinajstić information content (AvgIpc) is 3.47. The maximum atomic E-state index is 13.3. The van der Waals surface area contributed by atoms with Crippen LogP contribution in [0.15, 0.2) is 40.9 Å². The first-order valence-electron chi connectivity index (χ1n) is 12.8. The van der Waals surface area contributed by atoms with E-state index in [4.69, 9.17) is 0 Å². The van der Waals surface area contributed by atoms with Crippen molar-refractivity contribution in [3.05, 3.63) is 46.3 Å². The summed E-state index contributed by atoms with van der Waals surface area (Å²) in [5.74, 6) is -1.50. The number of pyridine rings is 1. The van der Waals surface area contributed by atoms with Crippen molar-refractivity contribution in [2.45, 2.75) is 69.4 Å². The van der Waals surface area contributed by atoms with Gasteiger partial charge in [-0.3, -0.25) is 14.4 Å². The van der Waals surface area contributed by atoms with Crippen LogP contribution >= 0.6 is 22.7 Å². The van der Waals surface area contributed by atoms with Crippen LogP contribution in [0.3, 0.4) is 0 Å². The number of Topliss-reactive ketones (excluding diaryl/α,β-unsaturated/α-hetero) is 1. The number of alkyl halides is 3. The van der Waals surface area contributed by atoms with Gasteiger partial charge in [0, 0.05) is 21.6 Å². The molecule has 2 amide bonds. The number of nitrogens with one attached hydrogen (secondary N) is 2. The third-order valence-electron chi connectivity index (χ3n) is 6.71. The second-order valence-corrected chi connectivity index (χ2v) is 14.2. The topological polar surface area (TPSA) is 126 Å². The first-order valence-corrected chi connectivity index (χ1v) is 16.0. The minimum absolute atomic E-state index is 0.0413. The van der Waals surface area contributed by atoms with Gasteiger partial charge in [-0.15, -0.1) is 22.7 Å². The Morgan fingerprint density at radius 1 is 1.17 bits per heavy atom. The molecule has 0 aromatic carbocycles. The van der Waals surface area contributed by atoms with E-state index in [-0.39, 0.29) is 18.8 Å². The highest BCUT2D eigenvalue weighted by Gasteiger charge is 2.39. The molecule has 1 saturated heterocycles. The summed E-state index contributed by atoms with van der Waals surface area (Å²) in [6.45, 7) is 4.77. The lowest BCUT2D eigenvalue weighted by Crippen LogP contribution is -2.52. The largest absolute Gasteiger partial charge is 0.417 e. The zero-order valence-corrected chi connectivity index (χ0v) is 24.8. The van der Waals surface area contributed by atoms with Gasteiger partial charge in [0.05, 0.1) is 23.0 Å². The molecule has 0 aliphatic carbocycles. The second-order valence-electron chi connectivity index (χ2n) is 10.3. The number of hydrogen-bond acceptors (Lipinski definition) is 8. The van der Waals surface area contributed by atoms with Gasteiger partial charge in [0.25, 0.3) is 15.9 Å².